The first-order chi connectivity index (χ1) is 17.4. The Morgan fingerprint density at radius 3 is 2.14 bits per heavy atom. The van der Waals surface area contributed by atoms with Gasteiger partial charge in [0.05, 0.1) is 23.8 Å². The highest BCUT2D eigenvalue weighted by atomic mass is 32.2. The van der Waals surface area contributed by atoms with Crippen LogP contribution in [0, 0.1) is 0 Å². The van der Waals surface area contributed by atoms with E-state index in [1.165, 1.54) is 12.7 Å². The average Bonchev–Trinajstić information content (AvgIpc) is 2.89. The zero-order valence-corrected chi connectivity index (χ0v) is 23.1. The lowest BCUT2D eigenvalue weighted by molar-refractivity contribution is 0.397. The molecule has 8 heteroatoms. The number of para-hydroxylation sites is 2. The van der Waals surface area contributed by atoms with Crippen molar-refractivity contribution in [3.8, 4) is 0 Å². The topological polar surface area (TPSA) is 58.6 Å². The number of hydrogen-bond donors (Lipinski definition) is 1. The number of benzene rings is 3. The third-order valence-corrected chi connectivity index (χ3v) is 8.92. The van der Waals surface area contributed by atoms with E-state index < -0.39 is 10.1 Å². The van der Waals surface area contributed by atoms with Crippen molar-refractivity contribution < 1.29 is 12.6 Å². The Balaban J connectivity index is 1.77. The zero-order chi connectivity index (χ0) is 25.5. The molecule has 3 aromatic rings. The van der Waals surface area contributed by atoms with E-state index in [1.807, 2.05) is 6.07 Å². The van der Waals surface area contributed by atoms with Gasteiger partial charge in [0.2, 0.25) is 0 Å². The van der Waals surface area contributed by atoms with E-state index in [1.54, 1.807) is 11.8 Å². The van der Waals surface area contributed by atoms with E-state index in [0.29, 0.717) is 12.2 Å². The Labute approximate surface area is 221 Å². The summed E-state index contributed by atoms with van der Waals surface area (Å²) in [7, 11) is -2.30. The quantitative estimate of drug-likeness (QED) is 0.182. The van der Waals surface area contributed by atoms with E-state index in [-0.39, 0.29) is 16.2 Å². The van der Waals surface area contributed by atoms with E-state index in [9.17, 15) is 8.42 Å². The summed E-state index contributed by atoms with van der Waals surface area (Å²) >= 11 is 1.66. The van der Waals surface area contributed by atoms with Crippen LogP contribution in [-0.4, -0.2) is 45.0 Å². The number of nitrogens with zero attached hydrogens (tertiary/aromatic N) is 1. The van der Waals surface area contributed by atoms with Crippen LogP contribution in [0.5, 0.6) is 0 Å². The number of hydrogen-bond acceptors (Lipinski definition) is 6. The van der Waals surface area contributed by atoms with Gasteiger partial charge in [-0.15, -0.1) is 11.8 Å². The minimum atomic E-state index is -3.47. The van der Waals surface area contributed by atoms with Crippen molar-refractivity contribution in [3.05, 3.63) is 101 Å². The van der Waals surface area contributed by atoms with Crippen LogP contribution in [0.15, 0.2) is 83.9 Å². The van der Waals surface area contributed by atoms with Gasteiger partial charge in [0.15, 0.2) is 0 Å². The molecule has 0 spiro atoms. The Bertz CT molecular complexity index is 1310. The standard InChI is InChI=1S/C28H32N2O3S3/c1-33-36(31,32)19-11-18-34-28(29-21-35(2)3)27-23-14-7-9-16-25(23)30(20-22-12-5-4-6-13-22)26-17-10-8-15-24(26)27/h4-10,12-17,29H,2,11,18-21H2,1,3H3. The van der Waals surface area contributed by atoms with Crippen LogP contribution in [0.2, 0.25) is 0 Å². The summed E-state index contributed by atoms with van der Waals surface area (Å²) < 4.78 is 28.2. The average molecular weight is 541 g/mol. The monoisotopic (exact) mass is 540 g/mol. The molecule has 1 aliphatic heterocycles. The van der Waals surface area contributed by atoms with Gasteiger partial charge in [-0.2, -0.15) is 18.9 Å². The normalized spacial score (nSPS) is 13.6. The Hall–Kier alpha value is -2.52. The van der Waals surface area contributed by atoms with Gasteiger partial charge in [-0.3, -0.25) is 4.18 Å². The van der Waals surface area contributed by atoms with Gasteiger partial charge in [0, 0.05) is 40.4 Å². The Morgan fingerprint density at radius 2 is 1.56 bits per heavy atom. The molecule has 0 saturated carbocycles. The summed E-state index contributed by atoms with van der Waals surface area (Å²) in [6.07, 6.45) is 2.61. The third-order valence-electron chi connectivity index (χ3n) is 5.86. The summed E-state index contributed by atoms with van der Waals surface area (Å²) in [4.78, 5) is 2.38. The van der Waals surface area contributed by atoms with Crippen molar-refractivity contribution in [2.75, 3.05) is 35.6 Å². The molecule has 0 amide bonds. The van der Waals surface area contributed by atoms with Gasteiger partial charge in [0.25, 0.3) is 10.1 Å². The summed E-state index contributed by atoms with van der Waals surface area (Å²) in [5.74, 6) is 5.58. The summed E-state index contributed by atoms with van der Waals surface area (Å²) in [6.45, 7) is 0.768. The van der Waals surface area contributed by atoms with Crippen LogP contribution in [0.4, 0.5) is 11.4 Å². The zero-order valence-electron chi connectivity index (χ0n) is 20.6. The molecule has 190 valence electrons. The smallest absolute Gasteiger partial charge is 0.267 e. The highest BCUT2D eigenvalue weighted by molar-refractivity contribution is 8.13. The van der Waals surface area contributed by atoms with Crippen LogP contribution in [0.25, 0.3) is 5.57 Å². The summed E-state index contributed by atoms with van der Waals surface area (Å²) in [5, 5.41) is 4.69. The SMILES string of the molecule is C=S(C)CNC(SCCCS(=O)(=O)OC)=C1c2ccccc2N(Cc2ccccc2)c2ccccc21. The number of thioether (sulfide) groups is 1. The maximum Gasteiger partial charge on any atom is 0.267 e. The second kappa shape index (κ2) is 12.1. The largest absolute Gasteiger partial charge is 0.371 e. The maximum absolute atomic E-state index is 11.8. The number of nitrogens with one attached hydrogen (secondary N) is 1. The van der Waals surface area contributed by atoms with Gasteiger partial charge in [-0.1, -0.05) is 72.6 Å². The molecule has 1 heterocycles. The van der Waals surface area contributed by atoms with Crippen molar-refractivity contribution >= 4 is 55.2 Å². The fraction of sp³-hybridized carbons (Fsp3) is 0.250. The molecule has 0 bridgehead atoms. The third kappa shape index (κ3) is 6.42. The van der Waals surface area contributed by atoms with Crippen LogP contribution in [0.3, 0.4) is 0 Å². The predicted molar refractivity (Wildman–Crippen MR) is 158 cm³/mol. The van der Waals surface area contributed by atoms with Crippen LogP contribution < -0.4 is 10.2 Å². The molecule has 0 aromatic heterocycles. The lowest BCUT2D eigenvalue weighted by Gasteiger charge is -2.36. The van der Waals surface area contributed by atoms with Crippen LogP contribution in [0.1, 0.15) is 23.1 Å². The number of anilines is 2. The van der Waals surface area contributed by atoms with Crippen LogP contribution in [-0.2, 0) is 20.8 Å². The molecule has 5 nitrogen and oxygen atoms in total. The van der Waals surface area contributed by atoms with E-state index in [2.05, 4.69) is 99.3 Å². The second-order valence-corrected chi connectivity index (χ2v) is 13.4. The summed E-state index contributed by atoms with van der Waals surface area (Å²) in [6, 6.07) is 27.5. The molecule has 36 heavy (non-hydrogen) atoms. The van der Waals surface area contributed by atoms with Gasteiger partial charge in [0.1, 0.15) is 0 Å². The minimum absolute atomic E-state index is 0.00459. The van der Waals surface area contributed by atoms with Crippen molar-refractivity contribution in [1.82, 2.24) is 5.32 Å². The first-order valence-corrected chi connectivity index (χ1v) is 16.2. The number of fused-ring (bicyclic) bond motifs is 2. The van der Waals surface area contributed by atoms with Crippen LogP contribution >= 0.6 is 22.2 Å². The maximum atomic E-state index is 11.8. The first kappa shape index (κ1) is 26.5. The minimum Gasteiger partial charge on any atom is -0.371 e. The van der Waals surface area contributed by atoms with Crippen molar-refractivity contribution in [1.29, 1.82) is 0 Å². The Kier molecular flexibility index (Phi) is 8.95. The molecule has 3 aromatic carbocycles. The lowest BCUT2D eigenvalue weighted by atomic mass is 9.90. The van der Waals surface area contributed by atoms with E-state index >= 15 is 0 Å². The molecule has 1 unspecified atom stereocenters. The lowest BCUT2D eigenvalue weighted by Crippen LogP contribution is -2.24. The second-order valence-electron chi connectivity index (χ2n) is 8.54. The fourth-order valence-corrected chi connectivity index (χ4v) is 6.55. The molecule has 1 atom stereocenters. The van der Waals surface area contributed by atoms with Crippen molar-refractivity contribution in [2.45, 2.75) is 13.0 Å². The van der Waals surface area contributed by atoms with Gasteiger partial charge in [-0.25, -0.2) is 0 Å². The summed E-state index contributed by atoms with van der Waals surface area (Å²) in [5.41, 5.74) is 7.02. The molecule has 1 N–H and O–H groups in total. The Morgan fingerprint density at radius 1 is 0.972 bits per heavy atom. The highest BCUT2D eigenvalue weighted by Gasteiger charge is 2.28. The molecule has 4 rings (SSSR count). The van der Waals surface area contributed by atoms with Gasteiger partial charge >= 0.3 is 0 Å². The van der Waals surface area contributed by atoms with E-state index in [4.69, 9.17) is 0 Å². The molecule has 1 aliphatic rings. The van der Waals surface area contributed by atoms with Gasteiger partial charge < -0.3 is 10.2 Å². The molecule has 0 aliphatic carbocycles. The highest BCUT2D eigenvalue weighted by Crippen LogP contribution is 2.47. The molecule has 0 saturated heterocycles. The molecular formula is C28H32N2O3S3. The van der Waals surface area contributed by atoms with Crippen molar-refractivity contribution in [2.24, 2.45) is 0 Å². The molecule has 0 fully saturated rings. The number of rotatable bonds is 11. The molecular weight excluding hydrogens is 509 g/mol. The van der Waals surface area contributed by atoms with Crippen molar-refractivity contribution in [3.63, 3.8) is 0 Å². The van der Waals surface area contributed by atoms with Gasteiger partial charge in [-0.05, 0) is 30.4 Å². The fourth-order valence-electron chi connectivity index (χ4n) is 4.19. The first-order valence-electron chi connectivity index (χ1n) is 11.7. The molecule has 0 radical (unpaired) electrons. The predicted octanol–water partition coefficient (Wildman–Crippen LogP) is 6.03. The van der Waals surface area contributed by atoms with E-state index in [0.717, 1.165) is 45.5 Å².